The molecule has 0 spiro atoms. The van der Waals surface area contributed by atoms with E-state index in [9.17, 15) is 57.5 Å². The third kappa shape index (κ3) is 12.5. The van der Waals surface area contributed by atoms with Crippen LogP contribution in [-0.2, 0) is 26.2 Å². The Hall–Kier alpha value is -12.2. The number of carboxylic acid groups (broad SMARTS) is 2. The maximum atomic E-state index is 13.2. The Morgan fingerprint density at radius 3 is 1.27 bits per heavy atom. The molecule has 4 amide bonds. The van der Waals surface area contributed by atoms with E-state index in [1.54, 1.807) is 86.6 Å². The number of hydrogen-bond donors (Lipinski definition) is 10. The molecule has 0 saturated carbocycles. The Labute approximate surface area is 479 Å². The minimum absolute atomic E-state index is 0.0314. The van der Waals surface area contributed by atoms with Gasteiger partial charge in [-0.1, -0.05) is 72.8 Å². The number of nitrogen functional groups attached to an aromatic ring is 2. The predicted octanol–water partition coefficient (Wildman–Crippen LogP) is 1.18. The van der Waals surface area contributed by atoms with E-state index < -0.39 is 80.9 Å². The normalized spacial score (nSPS) is 11.7. The van der Waals surface area contributed by atoms with E-state index in [0.29, 0.717) is 22.3 Å². The van der Waals surface area contributed by atoms with E-state index in [1.807, 2.05) is 0 Å². The highest BCUT2D eigenvalue weighted by Crippen LogP contribution is 2.19. The Morgan fingerprint density at radius 2 is 0.860 bits per heavy atom. The van der Waals surface area contributed by atoms with Crippen molar-refractivity contribution < 1.29 is 48.0 Å². The van der Waals surface area contributed by atoms with Crippen LogP contribution in [0, 0.1) is 0 Å². The number of aromatic nitrogens is 6. The van der Waals surface area contributed by atoms with Gasteiger partial charge in [0.2, 0.25) is 0 Å². The summed E-state index contributed by atoms with van der Waals surface area (Å²) in [6, 6.07) is 27.0. The Bertz CT molecular complexity index is 4620. The average molecular weight is 1170 g/mol. The molecule has 2 atom stereocenters. The number of nitrogens with zero attached hydrogens (tertiary/aromatic N) is 6. The fraction of sp³-hybridized carbons (Fsp3) is 0.143. The SMILES string of the molecule is C[C@@H](NC(=O)c1cc(C(=O)NCc2cccc(CNc3c(N)c(=O)c3=O)c2)n2c(=O)onc2n1)c1ccc(C(=O)O)cc1.C[C@@H](NC(=O)c1cc(C(=O)NCc2cccc(CNc3c(N)c(=O)c3=O)c2)nc2noc(=O)n12)c1ccc(C(=O)O)cc1. The molecule has 4 aromatic heterocycles. The minimum atomic E-state index is -1.09. The second-order valence-corrected chi connectivity index (χ2v) is 19.1. The monoisotopic (exact) mass is 1170 g/mol. The summed E-state index contributed by atoms with van der Waals surface area (Å²) in [4.78, 5) is 153. The summed E-state index contributed by atoms with van der Waals surface area (Å²) >= 11 is 0. The molecule has 0 radical (unpaired) electrons. The van der Waals surface area contributed by atoms with Crippen molar-refractivity contribution in [3.63, 3.8) is 0 Å². The number of hydrogen-bond acceptors (Lipinski definition) is 22. The molecule has 6 aromatic carbocycles. The molecule has 86 heavy (non-hydrogen) atoms. The van der Waals surface area contributed by atoms with Crippen molar-refractivity contribution in [2.24, 2.45) is 0 Å². The molecule has 30 heteroatoms. The number of carbonyl (C=O) groups excluding carboxylic acids is 4. The third-order valence-corrected chi connectivity index (χ3v) is 13.3. The van der Waals surface area contributed by atoms with Crippen molar-refractivity contribution >= 4 is 69.9 Å². The molecule has 0 unspecified atom stereocenters. The molecule has 30 nitrogen and oxygen atoms in total. The van der Waals surface area contributed by atoms with Gasteiger partial charge in [-0.3, -0.25) is 47.4 Å². The van der Waals surface area contributed by atoms with Gasteiger partial charge in [0.15, 0.2) is 0 Å². The molecular formula is C56H46N14O16. The van der Waals surface area contributed by atoms with Gasteiger partial charge in [0.25, 0.3) is 56.9 Å². The molecule has 0 aliphatic rings. The van der Waals surface area contributed by atoms with E-state index in [2.05, 4.69) is 61.2 Å². The first kappa shape index (κ1) is 58.4. The van der Waals surface area contributed by atoms with Gasteiger partial charge in [-0.25, -0.2) is 37.9 Å². The van der Waals surface area contributed by atoms with Crippen molar-refractivity contribution in [1.29, 1.82) is 0 Å². The van der Waals surface area contributed by atoms with Crippen LogP contribution < -0.4 is 76.6 Å². The highest BCUT2D eigenvalue weighted by molar-refractivity contribution is 5.99. The van der Waals surface area contributed by atoms with Crippen LogP contribution in [-0.4, -0.2) is 74.9 Å². The van der Waals surface area contributed by atoms with E-state index in [-0.39, 0.29) is 94.4 Å². The van der Waals surface area contributed by atoms with E-state index in [4.69, 9.17) is 21.7 Å². The molecule has 0 bridgehead atoms. The zero-order valence-corrected chi connectivity index (χ0v) is 44.8. The quantitative estimate of drug-likeness (QED) is 0.0479. The molecule has 10 rings (SSSR count). The predicted molar refractivity (Wildman–Crippen MR) is 303 cm³/mol. The fourth-order valence-electron chi connectivity index (χ4n) is 8.61. The summed E-state index contributed by atoms with van der Waals surface area (Å²) in [5.41, 5.74) is 11.6. The lowest BCUT2D eigenvalue weighted by Crippen LogP contribution is -2.36. The minimum Gasteiger partial charge on any atom is -0.478 e. The number of nitrogens with one attached hydrogen (secondary N) is 6. The molecule has 0 aliphatic heterocycles. The van der Waals surface area contributed by atoms with Crippen molar-refractivity contribution in [3.8, 4) is 0 Å². The topological polar surface area (TPSA) is 456 Å². The summed E-state index contributed by atoms with van der Waals surface area (Å²) in [7, 11) is 0. The number of amides is 4. The van der Waals surface area contributed by atoms with Gasteiger partial charge in [0, 0.05) is 26.2 Å². The molecule has 4 heterocycles. The standard InChI is InChI=1S/2C28H23N7O8/c1-13(16-5-7-17(8-6-16)26(40)41)32-24(38)18-10-19(35-27(33-18)34-43-28(35)42)25(39)31-12-15-4-2-3-14(9-15)11-30-21-20(29)22(36)23(21)37;1-13(16-5-7-17(8-6-16)26(40)41)32-25(39)19-10-18(33-27-34-43-28(42)35(19)27)24(38)31-12-15-4-2-3-14(9-15)11-30-21-20(29)22(36)23(21)37/h2-10,13,30H,11-12,29H2,1H3,(H,31,39)(H,32,38)(H,40,41);2-10,13,30H,11-12,29H2,1H3,(H,31,38)(H,32,39)(H,40,41)/t2*13-/m11/s1. The lowest BCUT2D eigenvalue weighted by molar-refractivity contribution is 0.0686. The zero-order chi connectivity index (χ0) is 61.7. The molecule has 0 saturated heterocycles. The highest BCUT2D eigenvalue weighted by atomic mass is 16.5. The molecular weight excluding hydrogens is 1120 g/mol. The van der Waals surface area contributed by atoms with Crippen LogP contribution in [0.4, 0.5) is 22.7 Å². The molecule has 0 aliphatic carbocycles. The van der Waals surface area contributed by atoms with Crippen molar-refractivity contribution in [2.45, 2.75) is 52.1 Å². The highest BCUT2D eigenvalue weighted by Gasteiger charge is 2.25. The molecule has 10 aromatic rings. The summed E-state index contributed by atoms with van der Waals surface area (Å²) < 4.78 is 11.0. The number of fused-ring (bicyclic) bond motifs is 2. The van der Waals surface area contributed by atoms with Crippen LogP contribution >= 0.6 is 0 Å². The number of aromatic carboxylic acids is 2. The van der Waals surface area contributed by atoms with Crippen molar-refractivity contribution in [2.75, 3.05) is 22.1 Å². The molecule has 0 fully saturated rings. The average Bonchev–Trinajstić information content (AvgIpc) is 2.30. The summed E-state index contributed by atoms with van der Waals surface area (Å²) in [6.45, 7) is 3.87. The Morgan fingerprint density at radius 1 is 0.488 bits per heavy atom. The second-order valence-electron chi connectivity index (χ2n) is 19.1. The maximum Gasteiger partial charge on any atom is 0.448 e. The van der Waals surface area contributed by atoms with Gasteiger partial charge < -0.3 is 53.6 Å². The smallest absolute Gasteiger partial charge is 0.448 e. The largest absolute Gasteiger partial charge is 0.478 e. The van der Waals surface area contributed by atoms with Crippen LogP contribution in [0.5, 0.6) is 0 Å². The van der Waals surface area contributed by atoms with Gasteiger partial charge in [-0.15, -0.1) is 0 Å². The Balaban J connectivity index is 0.000000205. The number of benzene rings is 4. The number of rotatable bonds is 20. The van der Waals surface area contributed by atoms with E-state index in [0.717, 1.165) is 32.1 Å². The van der Waals surface area contributed by atoms with Crippen LogP contribution in [0.15, 0.2) is 147 Å². The van der Waals surface area contributed by atoms with Gasteiger partial charge in [-0.05, 0) is 93.9 Å². The summed E-state index contributed by atoms with van der Waals surface area (Å²) in [5.74, 6) is -7.51. The van der Waals surface area contributed by atoms with Gasteiger partial charge in [0.1, 0.15) is 45.5 Å². The van der Waals surface area contributed by atoms with Crippen LogP contribution in [0.1, 0.15) is 122 Å². The van der Waals surface area contributed by atoms with Crippen molar-refractivity contribution in [3.05, 3.63) is 238 Å². The zero-order valence-electron chi connectivity index (χ0n) is 44.8. The van der Waals surface area contributed by atoms with Crippen molar-refractivity contribution in [1.82, 2.24) is 50.3 Å². The summed E-state index contributed by atoms with van der Waals surface area (Å²) in [6.07, 6.45) is 0. The maximum absolute atomic E-state index is 13.2. The van der Waals surface area contributed by atoms with E-state index in [1.165, 1.54) is 24.3 Å². The van der Waals surface area contributed by atoms with Crippen LogP contribution in [0.25, 0.3) is 11.6 Å². The lowest BCUT2D eigenvalue weighted by Gasteiger charge is -2.15. The first-order valence-corrected chi connectivity index (χ1v) is 25.5. The van der Waals surface area contributed by atoms with Crippen LogP contribution in [0.2, 0.25) is 0 Å². The van der Waals surface area contributed by atoms with Crippen LogP contribution in [0.3, 0.4) is 0 Å². The number of nitrogens with two attached hydrogens (primary N) is 2. The first-order valence-electron chi connectivity index (χ1n) is 25.5. The second kappa shape index (κ2) is 24.5. The third-order valence-electron chi connectivity index (χ3n) is 13.3. The lowest BCUT2D eigenvalue weighted by atomic mass is 10.1. The van der Waals surface area contributed by atoms with E-state index >= 15 is 0 Å². The number of anilines is 4. The van der Waals surface area contributed by atoms with Gasteiger partial charge >= 0.3 is 23.5 Å². The van der Waals surface area contributed by atoms with Gasteiger partial charge in [0.05, 0.1) is 23.2 Å². The Kier molecular flexibility index (Phi) is 16.6. The summed E-state index contributed by atoms with van der Waals surface area (Å²) in [5, 5.41) is 41.7. The molecule has 436 valence electrons. The number of carboxylic acids is 2. The first-order chi connectivity index (χ1) is 41.1. The number of carbonyl (C=O) groups is 6. The molecule has 12 N–H and O–H groups in total. The van der Waals surface area contributed by atoms with Gasteiger partial charge in [-0.2, -0.15) is 0 Å². The fourth-order valence-corrected chi connectivity index (χ4v) is 8.61.